The third kappa shape index (κ3) is 3.94. The minimum atomic E-state index is -0.985. The molecule has 2 aromatic rings. The maximum Gasteiger partial charge on any atom is 0.417 e. The number of hydrogen-bond donors (Lipinski definition) is 0. The van der Waals surface area contributed by atoms with Gasteiger partial charge >= 0.3 is 6.09 Å². The molecule has 2 amide bonds. The first-order valence-corrected chi connectivity index (χ1v) is 8.02. The van der Waals surface area contributed by atoms with Crippen LogP contribution in [0.15, 0.2) is 60.4 Å². The fourth-order valence-corrected chi connectivity index (χ4v) is 2.73. The Morgan fingerprint density at radius 3 is 2.56 bits per heavy atom. The lowest BCUT2D eigenvalue weighted by atomic mass is 10.1. The number of rotatable bonds is 4. The molecule has 128 valence electrons. The molecule has 5 heteroatoms. The van der Waals surface area contributed by atoms with E-state index in [1.165, 1.54) is 0 Å². The number of imide groups is 1. The Kier molecular flexibility index (Phi) is 4.93. The molecule has 25 heavy (non-hydrogen) atoms. The topological polar surface area (TPSA) is 46.6 Å². The molecule has 4 nitrogen and oxygen atoms in total. The zero-order valence-corrected chi connectivity index (χ0v) is 13.8. The number of cyclic esters (lactones) is 1. The highest BCUT2D eigenvalue weighted by atomic mass is 19.1. The second-order valence-corrected chi connectivity index (χ2v) is 6.00. The lowest BCUT2D eigenvalue weighted by Crippen LogP contribution is -2.40. The maximum absolute atomic E-state index is 14.4. The summed E-state index contributed by atoms with van der Waals surface area (Å²) in [7, 11) is 0. The SMILES string of the molecule is Cc1ccc(/C=C(\F)C(=O)N2C(=O)OC[C@H]2Cc2ccccc2)cc1. The summed E-state index contributed by atoms with van der Waals surface area (Å²) in [5.41, 5.74) is 2.55. The van der Waals surface area contributed by atoms with Crippen LogP contribution in [0.25, 0.3) is 6.08 Å². The summed E-state index contributed by atoms with van der Waals surface area (Å²) in [6.07, 6.45) is 0.752. The predicted molar refractivity (Wildman–Crippen MR) is 92.4 cm³/mol. The first-order valence-electron chi connectivity index (χ1n) is 8.02. The van der Waals surface area contributed by atoms with Gasteiger partial charge in [-0.1, -0.05) is 60.2 Å². The molecule has 0 bridgehead atoms. The van der Waals surface area contributed by atoms with Crippen molar-refractivity contribution in [1.82, 2.24) is 4.90 Å². The maximum atomic E-state index is 14.4. The van der Waals surface area contributed by atoms with Crippen molar-refractivity contribution >= 4 is 18.1 Å². The number of aryl methyl sites for hydroxylation is 1. The fraction of sp³-hybridized carbons (Fsp3) is 0.200. The molecule has 0 N–H and O–H groups in total. The highest BCUT2D eigenvalue weighted by molar-refractivity contribution is 6.04. The van der Waals surface area contributed by atoms with Gasteiger partial charge in [0.2, 0.25) is 0 Å². The molecule has 0 unspecified atom stereocenters. The van der Waals surface area contributed by atoms with Gasteiger partial charge in [0.25, 0.3) is 5.91 Å². The minimum absolute atomic E-state index is 0.0667. The van der Waals surface area contributed by atoms with Gasteiger partial charge in [0.05, 0.1) is 6.04 Å². The van der Waals surface area contributed by atoms with E-state index in [1.54, 1.807) is 12.1 Å². The van der Waals surface area contributed by atoms with Crippen LogP contribution in [-0.4, -0.2) is 29.5 Å². The number of nitrogens with zero attached hydrogens (tertiary/aromatic N) is 1. The van der Waals surface area contributed by atoms with Gasteiger partial charge in [0.15, 0.2) is 5.83 Å². The summed E-state index contributed by atoms with van der Waals surface area (Å²) < 4.78 is 19.3. The molecule has 0 saturated carbocycles. The zero-order valence-electron chi connectivity index (χ0n) is 13.8. The molecule has 1 heterocycles. The quantitative estimate of drug-likeness (QED) is 0.794. The van der Waals surface area contributed by atoms with Crippen LogP contribution in [0.1, 0.15) is 16.7 Å². The van der Waals surface area contributed by atoms with Crippen molar-refractivity contribution in [3.63, 3.8) is 0 Å². The van der Waals surface area contributed by atoms with Gasteiger partial charge in [-0.2, -0.15) is 0 Å². The Labute approximate surface area is 145 Å². The van der Waals surface area contributed by atoms with Crippen molar-refractivity contribution in [2.45, 2.75) is 19.4 Å². The smallest absolute Gasteiger partial charge is 0.417 e. The molecular formula is C20H18FNO3. The van der Waals surface area contributed by atoms with Crippen molar-refractivity contribution in [1.29, 1.82) is 0 Å². The Balaban J connectivity index is 1.78. The Morgan fingerprint density at radius 2 is 1.88 bits per heavy atom. The van der Waals surface area contributed by atoms with Crippen molar-refractivity contribution in [3.05, 3.63) is 77.1 Å². The fourth-order valence-electron chi connectivity index (χ4n) is 2.73. The minimum Gasteiger partial charge on any atom is -0.447 e. The molecule has 0 radical (unpaired) electrons. The van der Waals surface area contributed by atoms with Gasteiger partial charge in [-0.05, 0) is 30.5 Å². The molecule has 1 atom stereocenters. The molecule has 0 spiro atoms. The average molecular weight is 339 g/mol. The lowest BCUT2D eigenvalue weighted by molar-refractivity contribution is -0.126. The molecule has 0 aromatic heterocycles. The number of carbonyl (C=O) groups excluding carboxylic acids is 2. The number of amides is 2. The summed E-state index contributed by atoms with van der Waals surface area (Å²) in [6, 6.07) is 16.0. The normalized spacial score (nSPS) is 17.5. The highest BCUT2D eigenvalue weighted by Crippen LogP contribution is 2.21. The predicted octanol–water partition coefficient (Wildman–Crippen LogP) is 3.90. The highest BCUT2D eigenvalue weighted by Gasteiger charge is 2.39. The molecule has 2 aromatic carbocycles. The average Bonchev–Trinajstić information content (AvgIpc) is 2.97. The van der Waals surface area contributed by atoms with Gasteiger partial charge in [-0.3, -0.25) is 4.79 Å². The Morgan fingerprint density at radius 1 is 1.20 bits per heavy atom. The molecule has 3 rings (SSSR count). The van der Waals surface area contributed by atoms with E-state index in [0.29, 0.717) is 12.0 Å². The molecule has 1 saturated heterocycles. The van der Waals surface area contributed by atoms with Crippen LogP contribution in [0, 0.1) is 6.92 Å². The summed E-state index contributed by atoms with van der Waals surface area (Å²) in [4.78, 5) is 25.2. The number of hydrogen-bond acceptors (Lipinski definition) is 3. The van der Waals surface area contributed by atoms with Gasteiger partial charge in [-0.15, -0.1) is 0 Å². The van der Waals surface area contributed by atoms with Crippen LogP contribution in [0.5, 0.6) is 0 Å². The molecular weight excluding hydrogens is 321 g/mol. The number of carbonyl (C=O) groups is 2. The van der Waals surface area contributed by atoms with E-state index in [9.17, 15) is 14.0 Å². The van der Waals surface area contributed by atoms with Crippen LogP contribution in [0.4, 0.5) is 9.18 Å². The van der Waals surface area contributed by atoms with Crippen LogP contribution >= 0.6 is 0 Å². The van der Waals surface area contributed by atoms with Gasteiger partial charge < -0.3 is 4.74 Å². The van der Waals surface area contributed by atoms with E-state index >= 15 is 0 Å². The molecule has 0 aliphatic carbocycles. The van der Waals surface area contributed by atoms with Crippen LogP contribution < -0.4 is 0 Å². The van der Waals surface area contributed by atoms with E-state index < -0.39 is 23.9 Å². The first kappa shape index (κ1) is 16.9. The number of benzene rings is 2. The number of ether oxygens (including phenoxy) is 1. The lowest BCUT2D eigenvalue weighted by Gasteiger charge is -2.18. The van der Waals surface area contributed by atoms with Crippen LogP contribution in [-0.2, 0) is 16.0 Å². The van der Waals surface area contributed by atoms with Crippen molar-refractivity contribution in [2.75, 3.05) is 6.61 Å². The summed E-state index contributed by atoms with van der Waals surface area (Å²) in [5.74, 6) is -1.95. The molecule has 1 aliphatic rings. The number of halogens is 1. The standard InChI is InChI=1S/C20H18FNO3/c1-14-7-9-16(10-8-14)12-18(21)19(23)22-17(13-25-20(22)24)11-15-5-3-2-4-6-15/h2-10,12,17H,11,13H2,1H3/b18-12-/t17-/m1/s1. The van der Waals surface area contributed by atoms with Crippen molar-refractivity contribution in [3.8, 4) is 0 Å². The van der Waals surface area contributed by atoms with E-state index in [2.05, 4.69) is 0 Å². The van der Waals surface area contributed by atoms with E-state index in [4.69, 9.17) is 4.74 Å². The first-order chi connectivity index (χ1) is 12.0. The second-order valence-electron chi connectivity index (χ2n) is 6.00. The monoisotopic (exact) mass is 339 g/mol. The van der Waals surface area contributed by atoms with Gasteiger partial charge in [0.1, 0.15) is 6.61 Å². The summed E-state index contributed by atoms with van der Waals surface area (Å²) in [5, 5.41) is 0. The third-order valence-electron chi connectivity index (χ3n) is 4.07. The third-order valence-corrected chi connectivity index (χ3v) is 4.07. The van der Waals surface area contributed by atoms with Crippen molar-refractivity contribution in [2.24, 2.45) is 0 Å². The molecule has 1 fully saturated rings. The largest absolute Gasteiger partial charge is 0.447 e. The summed E-state index contributed by atoms with van der Waals surface area (Å²) in [6.45, 7) is 1.99. The molecule has 1 aliphatic heterocycles. The second kappa shape index (κ2) is 7.30. The van der Waals surface area contributed by atoms with E-state index in [0.717, 1.165) is 22.1 Å². The van der Waals surface area contributed by atoms with Crippen molar-refractivity contribution < 1.29 is 18.7 Å². The van der Waals surface area contributed by atoms with Crippen LogP contribution in [0.2, 0.25) is 0 Å². The zero-order chi connectivity index (χ0) is 17.8. The van der Waals surface area contributed by atoms with Gasteiger partial charge in [0, 0.05) is 0 Å². The Bertz CT molecular complexity index is 799. The van der Waals surface area contributed by atoms with E-state index in [-0.39, 0.29) is 6.61 Å². The van der Waals surface area contributed by atoms with Crippen LogP contribution in [0.3, 0.4) is 0 Å². The van der Waals surface area contributed by atoms with E-state index in [1.807, 2.05) is 49.4 Å². The summed E-state index contributed by atoms with van der Waals surface area (Å²) >= 11 is 0. The Hall–Kier alpha value is -2.95. The van der Waals surface area contributed by atoms with Gasteiger partial charge in [-0.25, -0.2) is 14.1 Å².